The van der Waals surface area contributed by atoms with Crippen molar-refractivity contribution in [3.8, 4) is 0 Å². The van der Waals surface area contributed by atoms with Crippen LogP contribution >= 0.6 is 10.7 Å². The summed E-state index contributed by atoms with van der Waals surface area (Å²) in [6.07, 6.45) is 0.576. The first kappa shape index (κ1) is 18.4. The molecule has 0 aromatic heterocycles. The summed E-state index contributed by atoms with van der Waals surface area (Å²) in [4.78, 5) is 2.21. The Bertz CT molecular complexity index is 420. The molecule has 0 unspecified atom stereocenters. The van der Waals surface area contributed by atoms with Gasteiger partial charge in [-0.25, -0.2) is 8.42 Å². The van der Waals surface area contributed by atoms with Crippen LogP contribution in [0.4, 0.5) is 0 Å². The lowest BCUT2D eigenvalue weighted by Gasteiger charge is -2.19. The average Bonchev–Trinajstić information content (AvgIpc) is 2.40. The predicted octanol–water partition coefficient (Wildman–Crippen LogP) is 3.49. The third-order valence-corrected chi connectivity index (χ3v) is 3.80. The fourth-order valence-corrected chi connectivity index (χ4v) is 2.45. The maximum Gasteiger partial charge on any atom is 0.232 e. The van der Waals surface area contributed by atoms with Crippen molar-refractivity contribution < 1.29 is 8.42 Å². The van der Waals surface area contributed by atoms with Gasteiger partial charge in [0.25, 0.3) is 0 Å². The van der Waals surface area contributed by atoms with Gasteiger partial charge >= 0.3 is 0 Å². The molecule has 0 fully saturated rings. The maximum absolute atomic E-state index is 10.8. The summed E-state index contributed by atoms with van der Waals surface area (Å²) < 4.78 is 21.6. The molecular weight excluding hydrogens is 282 g/mol. The highest BCUT2D eigenvalue weighted by Gasteiger charge is 2.08. The normalized spacial score (nSPS) is 11.0. The van der Waals surface area contributed by atoms with Crippen molar-refractivity contribution in [3.63, 3.8) is 0 Å². The molecule has 1 aromatic rings. The van der Waals surface area contributed by atoms with Crippen molar-refractivity contribution in [2.75, 3.05) is 18.8 Å². The molecule has 0 aliphatic heterocycles. The lowest BCUT2D eigenvalue weighted by atomic mass is 10.2. The molecule has 3 nitrogen and oxygen atoms in total. The van der Waals surface area contributed by atoms with Gasteiger partial charge in [0.15, 0.2) is 0 Å². The number of hydrogen-bond donors (Lipinski definition) is 0. The van der Waals surface area contributed by atoms with Gasteiger partial charge in [0, 0.05) is 17.2 Å². The fourth-order valence-electron chi connectivity index (χ4n) is 1.65. The maximum atomic E-state index is 10.8. The lowest BCUT2D eigenvalue weighted by molar-refractivity contribution is 0.281. The molecule has 0 spiro atoms. The van der Waals surface area contributed by atoms with Gasteiger partial charge in [-0.3, -0.25) is 4.90 Å². The molecule has 0 radical (unpaired) electrons. The van der Waals surface area contributed by atoms with Crippen molar-refractivity contribution in [2.45, 2.75) is 33.7 Å². The Morgan fingerprint density at radius 3 is 2.21 bits per heavy atom. The average molecular weight is 306 g/mol. The van der Waals surface area contributed by atoms with Crippen LogP contribution in [0.3, 0.4) is 0 Å². The Balaban J connectivity index is 0.00000154. The zero-order valence-corrected chi connectivity index (χ0v) is 13.5. The van der Waals surface area contributed by atoms with E-state index in [0.717, 1.165) is 19.6 Å². The van der Waals surface area contributed by atoms with Crippen molar-refractivity contribution in [1.29, 1.82) is 0 Å². The largest absolute Gasteiger partial charge is 0.299 e. The molecule has 110 valence electrons. The van der Waals surface area contributed by atoms with Gasteiger partial charge in [0.05, 0.1) is 5.75 Å². The van der Waals surface area contributed by atoms with Crippen LogP contribution in [0.25, 0.3) is 0 Å². The van der Waals surface area contributed by atoms with E-state index in [-0.39, 0.29) is 5.75 Å². The molecule has 0 bridgehead atoms. The second-order valence-electron chi connectivity index (χ2n) is 3.95. The highest BCUT2D eigenvalue weighted by Crippen LogP contribution is 2.06. The summed E-state index contributed by atoms with van der Waals surface area (Å²) in [5, 5.41) is 0. The molecule has 0 heterocycles. The Morgan fingerprint density at radius 1 is 1.16 bits per heavy atom. The van der Waals surface area contributed by atoms with Crippen LogP contribution in [-0.2, 0) is 15.6 Å². The van der Waals surface area contributed by atoms with E-state index in [0.29, 0.717) is 6.42 Å². The molecule has 0 atom stereocenters. The van der Waals surface area contributed by atoms with Gasteiger partial charge in [-0.1, -0.05) is 51.1 Å². The van der Waals surface area contributed by atoms with Gasteiger partial charge in [-0.15, -0.1) is 0 Å². The third kappa shape index (κ3) is 9.93. The van der Waals surface area contributed by atoms with Crippen LogP contribution < -0.4 is 0 Å². The molecular formula is C14H24ClNO2S. The van der Waals surface area contributed by atoms with Gasteiger partial charge in [0.1, 0.15) is 0 Å². The smallest absolute Gasteiger partial charge is 0.232 e. The van der Waals surface area contributed by atoms with Crippen LogP contribution in [-0.4, -0.2) is 32.2 Å². The van der Waals surface area contributed by atoms with Crippen molar-refractivity contribution in [2.24, 2.45) is 0 Å². The minimum Gasteiger partial charge on any atom is -0.299 e. The van der Waals surface area contributed by atoms with Crippen molar-refractivity contribution >= 4 is 19.7 Å². The zero-order chi connectivity index (χ0) is 14.7. The van der Waals surface area contributed by atoms with E-state index < -0.39 is 9.05 Å². The third-order valence-electron chi connectivity index (χ3n) is 2.56. The summed E-state index contributed by atoms with van der Waals surface area (Å²) >= 11 is 0. The van der Waals surface area contributed by atoms with E-state index >= 15 is 0 Å². The highest BCUT2D eigenvalue weighted by molar-refractivity contribution is 8.13. The van der Waals surface area contributed by atoms with E-state index in [4.69, 9.17) is 10.7 Å². The first-order chi connectivity index (χ1) is 9.01. The molecule has 1 rings (SSSR count). The Labute approximate surface area is 122 Å². The molecule has 5 heteroatoms. The van der Waals surface area contributed by atoms with Crippen LogP contribution in [0.1, 0.15) is 32.8 Å². The summed E-state index contributed by atoms with van der Waals surface area (Å²) in [6, 6.07) is 10.1. The Hall–Kier alpha value is -0.580. The number of nitrogens with zero attached hydrogens (tertiary/aromatic N) is 1. The standard InChI is InChI=1S/C12H18ClNO2S.C2H6/c1-2-14(9-6-10-17(13,15)16)11-12-7-4-3-5-8-12;1-2/h3-5,7-8H,2,6,9-11H2,1H3;1-2H3. The SMILES string of the molecule is CC.CCN(CCCS(=O)(=O)Cl)Cc1ccccc1. The Kier molecular flexibility index (Phi) is 9.92. The van der Waals surface area contributed by atoms with Crippen LogP contribution in [0.5, 0.6) is 0 Å². The van der Waals surface area contributed by atoms with E-state index in [1.54, 1.807) is 0 Å². The molecule has 0 N–H and O–H groups in total. The van der Waals surface area contributed by atoms with E-state index in [1.807, 2.05) is 32.0 Å². The number of hydrogen-bond acceptors (Lipinski definition) is 3. The molecule has 0 amide bonds. The zero-order valence-electron chi connectivity index (χ0n) is 12.0. The second-order valence-corrected chi connectivity index (χ2v) is 6.85. The van der Waals surface area contributed by atoms with E-state index in [1.165, 1.54) is 5.56 Å². The van der Waals surface area contributed by atoms with Gasteiger partial charge in [-0.2, -0.15) is 0 Å². The highest BCUT2D eigenvalue weighted by atomic mass is 35.7. The minimum atomic E-state index is -3.36. The monoisotopic (exact) mass is 305 g/mol. The number of halogens is 1. The minimum absolute atomic E-state index is 0.0415. The van der Waals surface area contributed by atoms with Gasteiger partial charge in [-0.05, 0) is 25.1 Å². The number of benzene rings is 1. The van der Waals surface area contributed by atoms with Crippen molar-refractivity contribution in [3.05, 3.63) is 35.9 Å². The van der Waals surface area contributed by atoms with Gasteiger partial charge in [0.2, 0.25) is 9.05 Å². The summed E-state index contributed by atoms with van der Waals surface area (Å²) in [6.45, 7) is 8.56. The van der Waals surface area contributed by atoms with Crippen molar-refractivity contribution in [1.82, 2.24) is 4.90 Å². The predicted molar refractivity (Wildman–Crippen MR) is 83.0 cm³/mol. The van der Waals surface area contributed by atoms with Crippen LogP contribution in [0.2, 0.25) is 0 Å². The lowest BCUT2D eigenvalue weighted by Crippen LogP contribution is -2.25. The van der Waals surface area contributed by atoms with Gasteiger partial charge < -0.3 is 0 Å². The van der Waals surface area contributed by atoms with Crippen LogP contribution in [0.15, 0.2) is 30.3 Å². The summed E-state index contributed by atoms with van der Waals surface area (Å²) in [5.74, 6) is 0.0415. The molecule has 19 heavy (non-hydrogen) atoms. The number of rotatable bonds is 7. The van der Waals surface area contributed by atoms with Crippen LogP contribution in [0, 0.1) is 0 Å². The molecule has 0 aliphatic carbocycles. The first-order valence-electron chi connectivity index (χ1n) is 6.70. The molecule has 0 saturated carbocycles. The van der Waals surface area contributed by atoms with E-state index in [9.17, 15) is 8.42 Å². The second kappa shape index (κ2) is 10.2. The van der Waals surface area contributed by atoms with E-state index in [2.05, 4.69) is 24.0 Å². The Morgan fingerprint density at radius 2 is 1.74 bits per heavy atom. The summed E-state index contributed by atoms with van der Waals surface area (Å²) in [5.41, 5.74) is 1.24. The molecule has 1 aromatic carbocycles. The first-order valence-corrected chi connectivity index (χ1v) is 9.17. The summed E-state index contributed by atoms with van der Waals surface area (Å²) in [7, 11) is 1.82. The topological polar surface area (TPSA) is 37.4 Å². The molecule has 0 aliphatic rings. The molecule has 0 saturated heterocycles. The fraction of sp³-hybridized carbons (Fsp3) is 0.571. The quantitative estimate of drug-likeness (QED) is 0.724.